The zero-order valence-corrected chi connectivity index (χ0v) is 12.0. The maximum absolute atomic E-state index is 12.5. The Hall–Kier alpha value is -3.08. The van der Waals surface area contributed by atoms with Gasteiger partial charge in [-0.3, -0.25) is 9.78 Å². The molecule has 110 valence electrons. The van der Waals surface area contributed by atoms with E-state index in [2.05, 4.69) is 10.3 Å². The number of anilines is 2. The van der Waals surface area contributed by atoms with Crippen molar-refractivity contribution in [1.29, 1.82) is 0 Å². The standard InChI is InChI=1S/C17H15N3O2/c1-22-15-8-7-14(13-6-3-9-19-16(13)15)17(21)20-12-5-2-4-11(18)10-12/h2-10H,18H2,1H3,(H,20,21). The molecule has 0 bridgehead atoms. The van der Waals surface area contributed by atoms with Gasteiger partial charge in [0, 0.05) is 28.5 Å². The Bertz CT molecular complexity index is 846. The van der Waals surface area contributed by atoms with Crippen LogP contribution < -0.4 is 15.8 Å². The summed E-state index contributed by atoms with van der Waals surface area (Å²) >= 11 is 0. The van der Waals surface area contributed by atoms with Crippen LogP contribution in [-0.2, 0) is 0 Å². The van der Waals surface area contributed by atoms with Crippen molar-refractivity contribution in [3.63, 3.8) is 0 Å². The lowest BCUT2D eigenvalue weighted by molar-refractivity contribution is 0.102. The topological polar surface area (TPSA) is 77.2 Å². The second-order valence-electron chi connectivity index (χ2n) is 4.79. The number of aromatic nitrogens is 1. The molecule has 0 aliphatic carbocycles. The third-order valence-electron chi connectivity index (χ3n) is 3.34. The van der Waals surface area contributed by atoms with E-state index in [1.165, 1.54) is 0 Å². The number of pyridine rings is 1. The Morgan fingerprint density at radius 1 is 1.18 bits per heavy atom. The summed E-state index contributed by atoms with van der Waals surface area (Å²) in [6.45, 7) is 0. The molecule has 0 aliphatic heterocycles. The van der Waals surface area contributed by atoms with E-state index in [9.17, 15) is 4.79 Å². The van der Waals surface area contributed by atoms with Gasteiger partial charge in [-0.2, -0.15) is 0 Å². The molecule has 22 heavy (non-hydrogen) atoms. The number of ether oxygens (including phenoxy) is 1. The predicted molar refractivity (Wildman–Crippen MR) is 87.1 cm³/mol. The Morgan fingerprint density at radius 2 is 2.05 bits per heavy atom. The molecule has 0 aliphatic rings. The molecular weight excluding hydrogens is 278 g/mol. The third-order valence-corrected chi connectivity index (χ3v) is 3.34. The van der Waals surface area contributed by atoms with Crippen LogP contribution >= 0.6 is 0 Å². The van der Waals surface area contributed by atoms with Crippen LogP contribution in [0.1, 0.15) is 10.4 Å². The third kappa shape index (κ3) is 2.56. The van der Waals surface area contributed by atoms with Crippen LogP contribution in [0.3, 0.4) is 0 Å². The molecule has 3 rings (SSSR count). The first kappa shape index (κ1) is 13.9. The molecule has 3 aromatic rings. The summed E-state index contributed by atoms with van der Waals surface area (Å²) in [6, 6.07) is 14.2. The van der Waals surface area contributed by atoms with Crippen LogP contribution in [0.15, 0.2) is 54.7 Å². The molecular formula is C17H15N3O2. The number of hydrogen-bond donors (Lipinski definition) is 2. The summed E-state index contributed by atoms with van der Waals surface area (Å²) < 4.78 is 5.29. The zero-order chi connectivity index (χ0) is 15.5. The van der Waals surface area contributed by atoms with Gasteiger partial charge < -0.3 is 15.8 Å². The fraction of sp³-hybridized carbons (Fsp3) is 0.0588. The number of fused-ring (bicyclic) bond motifs is 1. The van der Waals surface area contributed by atoms with E-state index in [1.54, 1.807) is 55.8 Å². The quantitative estimate of drug-likeness (QED) is 0.727. The van der Waals surface area contributed by atoms with Crippen LogP contribution in [0.2, 0.25) is 0 Å². The maximum Gasteiger partial charge on any atom is 0.256 e. The van der Waals surface area contributed by atoms with Crippen molar-refractivity contribution in [2.45, 2.75) is 0 Å². The number of nitrogens with one attached hydrogen (secondary N) is 1. The van der Waals surface area contributed by atoms with Gasteiger partial charge in [-0.05, 0) is 36.4 Å². The number of nitrogen functional groups attached to an aromatic ring is 1. The van der Waals surface area contributed by atoms with E-state index in [1.807, 2.05) is 6.07 Å². The molecule has 3 N–H and O–H groups in total. The van der Waals surface area contributed by atoms with Gasteiger partial charge in [0.05, 0.1) is 7.11 Å². The number of rotatable bonds is 3. The Labute approximate surface area is 127 Å². The highest BCUT2D eigenvalue weighted by Crippen LogP contribution is 2.27. The van der Waals surface area contributed by atoms with Gasteiger partial charge in [0.25, 0.3) is 5.91 Å². The normalized spacial score (nSPS) is 10.4. The second-order valence-corrected chi connectivity index (χ2v) is 4.79. The van der Waals surface area contributed by atoms with Crippen molar-refractivity contribution in [2.24, 2.45) is 0 Å². The molecule has 0 radical (unpaired) electrons. The van der Waals surface area contributed by atoms with Crippen LogP contribution in [0.4, 0.5) is 11.4 Å². The van der Waals surface area contributed by atoms with Gasteiger partial charge in [-0.25, -0.2) is 0 Å². The predicted octanol–water partition coefficient (Wildman–Crippen LogP) is 3.08. The van der Waals surface area contributed by atoms with Crippen LogP contribution in [0.25, 0.3) is 10.9 Å². The molecule has 0 unspecified atom stereocenters. The number of carbonyl (C=O) groups excluding carboxylic acids is 1. The second kappa shape index (κ2) is 5.73. The van der Waals surface area contributed by atoms with Gasteiger partial charge in [0.1, 0.15) is 11.3 Å². The van der Waals surface area contributed by atoms with Gasteiger partial charge in [-0.1, -0.05) is 12.1 Å². The monoisotopic (exact) mass is 293 g/mol. The summed E-state index contributed by atoms with van der Waals surface area (Å²) in [4.78, 5) is 16.8. The van der Waals surface area contributed by atoms with Crippen molar-refractivity contribution >= 4 is 28.2 Å². The van der Waals surface area contributed by atoms with Crippen LogP contribution in [0.5, 0.6) is 5.75 Å². The molecule has 0 fully saturated rings. The molecule has 1 aromatic heterocycles. The smallest absolute Gasteiger partial charge is 0.256 e. The lowest BCUT2D eigenvalue weighted by atomic mass is 10.1. The number of amides is 1. The average Bonchev–Trinajstić information content (AvgIpc) is 2.53. The molecule has 2 aromatic carbocycles. The molecule has 5 nitrogen and oxygen atoms in total. The number of carbonyl (C=O) groups is 1. The Kier molecular flexibility index (Phi) is 3.62. The number of benzene rings is 2. The van der Waals surface area contributed by atoms with Gasteiger partial charge in [-0.15, -0.1) is 0 Å². The first-order valence-corrected chi connectivity index (χ1v) is 6.77. The number of nitrogens with zero attached hydrogens (tertiary/aromatic N) is 1. The highest BCUT2D eigenvalue weighted by atomic mass is 16.5. The number of nitrogens with two attached hydrogens (primary N) is 1. The summed E-state index contributed by atoms with van der Waals surface area (Å²) in [6.07, 6.45) is 1.67. The van der Waals surface area contributed by atoms with Crippen molar-refractivity contribution in [2.75, 3.05) is 18.2 Å². The van der Waals surface area contributed by atoms with E-state index in [4.69, 9.17) is 10.5 Å². The molecule has 1 heterocycles. The molecule has 0 saturated carbocycles. The van der Waals surface area contributed by atoms with Crippen molar-refractivity contribution in [3.8, 4) is 5.75 Å². The summed E-state index contributed by atoms with van der Waals surface area (Å²) in [5, 5.41) is 3.58. The summed E-state index contributed by atoms with van der Waals surface area (Å²) in [5.41, 5.74) is 8.16. The first-order chi connectivity index (χ1) is 10.7. The van der Waals surface area contributed by atoms with Gasteiger partial charge >= 0.3 is 0 Å². The van der Waals surface area contributed by atoms with E-state index in [0.29, 0.717) is 28.2 Å². The van der Waals surface area contributed by atoms with Gasteiger partial charge in [0.15, 0.2) is 0 Å². The van der Waals surface area contributed by atoms with E-state index in [0.717, 1.165) is 5.39 Å². The van der Waals surface area contributed by atoms with Crippen LogP contribution in [-0.4, -0.2) is 18.0 Å². The van der Waals surface area contributed by atoms with Gasteiger partial charge in [0.2, 0.25) is 0 Å². The van der Waals surface area contributed by atoms with Crippen molar-refractivity contribution in [1.82, 2.24) is 4.98 Å². The lowest BCUT2D eigenvalue weighted by Crippen LogP contribution is -2.12. The largest absolute Gasteiger partial charge is 0.494 e. The Balaban J connectivity index is 2.01. The van der Waals surface area contributed by atoms with Crippen molar-refractivity contribution in [3.05, 3.63) is 60.3 Å². The fourth-order valence-electron chi connectivity index (χ4n) is 2.32. The van der Waals surface area contributed by atoms with Crippen molar-refractivity contribution < 1.29 is 9.53 Å². The Morgan fingerprint density at radius 3 is 2.82 bits per heavy atom. The minimum Gasteiger partial charge on any atom is -0.494 e. The fourth-order valence-corrected chi connectivity index (χ4v) is 2.32. The minimum absolute atomic E-state index is 0.216. The molecule has 0 atom stereocenters. The molecule has 5 heteroatoms. The lowest BCUT2D eigenvalue weighted by Gasteiger charge is -2.10. The summed E-state index contributed by atoms with van der Waals surface area (Å²) in [7, 11) is 1.58. The highest BCUT2D eigenvalue weighted by molar-refractivity contribution is 6.13. The maximum atomic E-state index is 12.5. The number of hydrogen-bond acceptors (Lipinski definition) is 4. The molecule has 0 spiro atoms. The van der Waals surface area contributed by atoms with E-state index >= 15 is 0 Å². The van der Waals surface area contributed by atoms with E-state index in [-0.39, 0.29) is 5.91 Å². The highest BCUT2D eigenvalue weighted by Gasteiger charge is 2.13. The van der Waals surface area contributed by atoms with Crippen LogP contribution in [0, 0.1) is 0 Å². The molecule has 1 amide bonds. The summed E-state index contributed by atoms with van der Waals surface area (Å²) in [5.74, 6) is 0.419. The number of methoxy groups -OCH3 is 1. The zero-order valence-electron chi connectivity index (χ0n) is 12.0. The van der Waals surface area contributed by atoms with E-state index < -0.39 is 0 Å². The minimum atomic E-state index is -0.216. The SMILES string of the molecule is COc1ccc(C(=O)Nc2cccc(N)c2)c2cccnc12. The average molecular weight is 293 g/mol. The first-order valence-electron chi connectivity index (χ1n) is 6.77. The molecule has 0 saturated heterocycles.